The van der Waals surface area contributed by atoms with E-state index >= 15 is 0 Å². The Morgan fingerprint density at radius 1 is 0.808 bits per heavy atom. The molecule has 0 saturated carbocycles. The molecule has 0 atom stereocenters. The van der Waals surface area contributed by atoms with Crippen LogP contribution in [0.3, 0.4) is 0 Å². The Bertz CT molecular complexity index is 539. The topological polar surface area (TPSA) is 29.1 Å². The van der Waals surface area contributed by atoms with E-state index in [0.29, 0.717) is 12.3 Å². The summed E-state index contributed by atoms with van der Waals surface area (Å²) in [6.45, 7) is 8.33. The summed E-state index contributed by atoms with van der Waals surface area (Å²) in [5, 5.41) is 2.85. The van der Waals surface area contributed by atoms with Crippen LogP contribution in [0.2, 0.25) is 0 Å². The van der Waals surface area contributed by atoms with Gasteiger partial charge in [0, 0.05) is 38.8 Å². The van der Waals surface area contributed by atoms with Gasteiger partial charge in [-0.3, -0.25) is 4.79 Å². The maximum Gasteiger partial charge on any atom is 0.224 e. The summed E-state index contributed by atoms with van der Waals surface area (Å²) < 4.78 is 0. The summed E-state index contributed by atoms with van der Waals surface area (Å²) in [6.07, 6.45) is 0.471. The molecule has 145 valence electrons. The average molecular weight is 434 g/mol. The third kappa shape index (κ3) is 15.3. The van der Waals surface area contributed by atoms with Crippen molar-refractivity contribution in [2.75, 3.05) is 0 Å². The fraction of sp³-hybridized carbons (Fsp3) is 0.435. The Hall–Kier alpha value is -0.986. The Morgan fingerprint density at radius 3 is 1.58 bits per heavy atom. The molecule has 0 saturated heterocycles. The molecule has 0 aliphatic carbocycles. The number of carbonyl (C=O) groups excluding carboxylic acids is 1. The van der Waals surface area contributed by atoms with Gasteiger partial charge >= 0.3 is 0 Å². The van der Waals surface area contributed by atoms with Gasteiger partial charge in [-0.25, -0.2) is 0 Å². The molecule has 3 heteroatoms. The van der Waals surface area contributed by atoms with Crippen LogP contribution >= 0.6 is 0 Å². The molecule has 2 rings (SSSR count). The van der Waals surface area contributed by atoms with Crippen LogP contribution < -0.4 is 5.32 Å². The first-order valence-corrected chi connectivity index (χ1v) is 7.87. The largest absolute Gasteiger partial charge is 0.354 e. The monoisotopic (exact) mass is 434 g/mol. The van der Waals surface area contributed by atoms with Crippen LogP contribution in [0.25, 0.3) is 0 Å². The van der Waals surface area contributed by atoms with E-state index < -0.39 is 0 Å². The minimum absolute atomic E-state index is 0. The molecule has 0 bridgehead atoms. The molecule has 26 heavy (non-hydrogen) atoms. The standard InChI is InChI=1S/C11H15NO.C9H12.3CH4.Y/c1-9(2)12-11(13)8-10-6-4-3-5-7-10;1-8(2)9-6-4-3-5-7-9;;;;/h3-7,9H,8H2,1-2H3,(H,12,13);3-8H,1-2H3;3*1H4;. The summed E-state index contributed by atoms with van der Waals surface area (Å²) in [6, 6.07) is 20.5. The first-order valence-electron chi connectivity index (χ1n) is 7.87. The van der Waals surface area contributed by atoms with E-state index in [-0.39, 0.29) is 66.9 Å². The molecule has 0 fully saturated rings. The first kappa shape index (κ1) is 32.7. The summed E-state index contributed by atoms with van der Waals surface area (Å²) in [7, 11) is 0. The molecule has 1 N–H and O–H groups in total. The predicted molar refractivity (Wildman–Crippen MR) is 114 cm³/mol. The van der Waals surface area contributed by atoms with Gasteiger partial charge in [0.25, 0.3) is 0 Å². The Morgan fingerprint density at radius 2 is 1.23 bits per heavy atom. The molecule has 0 unspecified atom stereocenters. The van der Waals surface area contributed by atoms with Crippen molar-refractivity contribution in [2.24, 2.45) is 0 Å². The fourth-order valence-corrected chi connectivity index (χ4v) is 1.99. The summed E-state index contributed by atoms with van der Waals surface area (Å²) >= 11 is 0. The maximum absolute atomic E-state index is 11.3. The van der Waals surface area contributed by atoms with Crippen LogP contribution in [-0.2, 0) is 43.9 Å². The van der Waals surface area contributed by atoms with Crippen LogP contribution in [-0.4, -0.2) is 11.9 Å². The number of carbonyl (C=O) groups is 1. The molecule has 1 amide bonds. The maximum atomic E-state index is 11.3. The van der Waals surface area contributed by atoms with Crippen LogP contribution in [0.1, 0.15) is 67.0 Å². The van der Waals surface area contributed by atoms with Gasteiger partial charge in [0.15, 0.2) is 0 Å². The van der Waals surface area contributed by atoms with E-state index in [1.807, 2.05) is 50.2 Å². The molecule has 0 aromatic heterocycles. The SMILES string of the molecule is C.C.C.CC(C)NC(=O)Cc1ccccc1.CC(C)c1ccccc1.[Y]. The number of hydrogen-bond acceptors (Lipinski definition) is 1. The Balaban J connectivity index is -0.000000168. The van der Waals surface area contributed by atoms with E-state index in [1.54, 1.807) is 0 Å². The van der Waals surface area contributed by atoms with E-state index in [4.69, 9.17) is 0 Å². The molecule has 0 spiro atoms. The second-order valence-corrected chi connectivity index (χ2v) is 5.95. The van der Waals surface area contributed by atoms with Crippen molar-refractivity contribution in [2.45, 2.75) is 68.4 Å². The molecule has 1 radical (unpaired) electrons. The number of amides is 1. The number of nitrogens with one attached hydrogen (secondary N) is 1. The average Bonchev–Trinajstić information content (AvgIpc) is 2.49. The van der Waals surface area contributed by atoms with Crippen molar-refractivity contribution >= 4 is 5.91 Å². The molecule has 0 heterocycles. The van der Waals surface area contributed by atoms with Gasteiger partial charge < -0.3 is 5.32 Å². The molecular weight excluding hydrogens is 395 g/mol. The molecule has 2 aromatic carbocycles. The second-order valence-electron chi connectivity index (χ2n) is 5.95. The fourth-order valence-electron chi connectivity index (χ4n) is 1.99. The van der Waals surface area contributed by atoms with Crippen LogP contribution in [0.4, 0.5) is 0 Å². The van der Waals surface area contributed by atoms with Gasteiger partial charge in [0.1, 0.15) is 0 Å². The van der Waals surface area contributed by atoms with E-state index in [2.05, 4.69) is 43.4 Å². The van der Waals surface area contributed by atoms with Crippen molar-refractivity contribution in [1.82, 2.24) is 5.32 Å². The molecular formula is C23H39NOY. The molecule has 2 aromatic rings. The van der Waals surface area contributed by atoms with Crippen molar-refractivity contribution < 1.29 is 37.5 Å². The zero-order valence-corrected chi connectivity index (χ0v) is 17.5. The van der Waals surface area contributed by atoms with E-state index in [9.17, 15) is 4.79 Å². The number of rotatable bonds is 4. The van der Waals surface area contributed by atoms with Gasteiger partial charge in [0.05, 0.1) is 6.42 Å². The zero-order valence-electron chi connectivity index (χ0n) is 14.6. The summed E-state index contributed by atoms with van der Waals surface area (Å²) in [4.78, 5) is 11.3. The van der Waals surface area contributed by atoms with E-state index in [1.165, 1.54) is 5.56 Å². The van der Waals surface area contributed by atoms with Crippen molar-refractivity contribution in [1.29, 1.82) is 0 Å². The Kier molecular flexibility index (Phi) is 23.6. The summed E-state index contributed by atoms with van der Waals surface area (Å²) in [5.74, 6) is 0.743. The van der Waals surface area contributed by atoms with Crippen LogP contribution in [0, 0.1) is 0 Å². The quantitative estimate of drug-likeness (QED) is 0.587. The van der Waals surface area contributed by atoms with Gasteiger partial charge in [-0.2, -0.15) is 0 Å². The van der Waals surface area contributed by atoms with Crippen LogP contribution in [0.15, 0.2) is 60.7 Å². The number of hydrogen-bond donors (Lipinski definition) is 1. The third-order valence-corrected chi connectivity index (χ3v) is 3.12. The predicted octanol–water partition coefficient (Wildman–Crippen LogP) is 6.47. The van der Waals surface area contributed by atoms with Gasteiger partial charge in [-0.15, -0.1) is 0 Å². The third-order valence-electron chi connectivity index (χ3n) is 3.12. The van der Waals surface area contributed by atoms with E-state index in [0.717, 1.165) is 5.56 Å². The minimum Gasteiger partial charge on any atom is -0.354 e. The van der Waals surface area contributed by atoms with Gasteiger partial charge in [-0.05, 0) is 30.9 Å². The van der Waals surface area contributed by atoms with Crippen molar-refractivity contribution in [3.8, 4) is 0 Å². The summed E-state index contributed by atoms with van der Waals surface area (Å²) in [5.41, 5.74) is 2.47. The van der Waals surface area contributed by atoms with Gasteiger partial charge in [0.2, 0.25) is 5.91 Å². The normalized spacial score (nSPS) is 8.54. The smallest absolute Gasteiger partial charge is 0.224 e. The van der Waals surface area contributed by atoms with Crippen LogP contribution in [0.5, 0.6) is 0 Å². The minimum atomic E-state index is 0. The second kappa shape index (κ2) is 18.8. The molecule has 0 aliphatic heterocycles. The first-order chi connectivity index (χ1) is 10.5. The molecule has 0 aliphatic rings. The Labute approximate surface area is 188 Å². The van der Waals surface area contributed by atoms with Gasteiger partial charge in [-0.1, -0.05) is 96.8 Å². The molecule has 2 nitrogen and oxygen atoms in total. The zero-order chi connectivity index (χ0) is 16.4. The van der Waals surface area contributed by atoms with Crippen molar-refractivity contribution in [3.05, 3.63) is 71.8 Å². The number of benzene rings is 2. The van der Waals surface area contributed by atoms with Crippen molar-refractivity contribution in [3.63, 3.8) is 0 Å².